The van der Waals surface area contributed by atoms with E-state index in [1.54, 1.807) is 6.07 Å². The van der Waals surface area contributed by atoms with E-state index >= 15 is 0 Å². The molecule has 0 aliphatic rings. The minimum Gasteiger partial charge on any atom is -0.426 e. The van der Waals surface area contributed by atoms with Crippen molar-refractivity contribution in [1.29, 1.82) is 0 Å². The van der Waals surface area contributed by atoms with Gasteiger partial charge < -0.3 is 18.9 Å². The van der Waals surface area contributed by atoms with Gasteiger partial charge in [-0.05, 0) is 19.9 Å². The van der Waals surface area contributed by atoms with Crippen molar-refractivity contribution >= 4 is 5.97 Å². The number of rotatable bonds is 9. The summed E-state index contributed by atoms with van der Waals surface area (Å²) in [4.78, 5) is 11.0. The molecule has 112 valence electrons. The maximum Gasteiger partial charge on any atom is 0.308 e. The molecule has 1 rings (SSSR count). The van der Waals surface area contributed by atoms with Gasteiger partial charge in [-0.15, -0.1) is 0 Å². The predicted octanol–water partition coefficient (Wildman–Crippen LogP) is 2.53. The van der Waals surface area contributed by atoms with Crippen LogP contribution in [0.15, 0.2) is 24.3 Å². The summed E-state index contributed by atoms with van der Waals surface area (Å²) >= 11 is 0. The Morgan fingerprint density at radius 1 is 1.15 bits per heavy atom. The molecular weight excluding hydrogens is 260 g/mol. The normalized spacial score (nSPS) is 10.8. The van der Waals surface area contributed by atoms with E-state index in [1.165, 1.54) is 6.92 Å². The Labute approximate surface area is 119 Å². The maximum absolute atomic E-state index is 11.0. The minimum atomic E-state index is -0.370. The summed E-state index contributed by atoms with van der Waals surface area (Å²) in [5.41, 5.74) is 0.814. The van der Waals surface area contributed by atoms with Gasteiger partial charge in [0.1, 0.15) is 5.75 Å². The van der Waals surface area contributed by atoms with Crippen LogP contribution in [0.3, 0.4) is 0 Å². The zero-order valence-corrected chi connectivity index (χ0v) is 12.3. The Hall–Kier alpha value is -1.43. The van der Waals surface area contributed by atoms with Crippen LogP contribution in [0, 0.1) is 0 Å². The monoisotopic (exact) mass is 282 g/mol. The Morgan fingerprint density at radius 3 is 2.40 bits per heavy atom. The summed E-state index contributed by atoms with van der Waals surface area (Å²) < 4.78 is 21.4. The molecule has 0 unspecified atom stereocenters. The minimum absolute atomic E-state index is 0.329. The first-order valence-electron chi connectivity index (χ1n) is 6.74. The van der Waals surface area contributed by atoms with Gasteiger partial charge in [-0.25, -0.2) is 0 Å². The fourth-order valence-corrected chi connectivity index (χ4v) is 1.66. The number of para-hydroxylation sites is 1. The predicted molar refractivity (Wildman–Crippen MR) is 74.4 cm³/mol. The lowest BCUT2D eigenvalue weighted by Gasteiger charge is -2.17. The second kappa shape index (κ2) is 9.47. The summed E-state index contributed by atoms with van der Waals surface area (Å²) in [5.74, 6) is 0.170. The number of ether oxygens (including phenoxy) is 4. The molecule has 1 aromatic carbocycles. The van der Waals surface area contributed by atoms with Crippen LogP contribution in [0.5, 0.6) is 5.75 Å². The van der Waals surface area contributed by atoms with Crippen molar-refractivity contribution in [1.82, 2.24) is 0 Å². The van der Waals surface area contributed by atoms with E-state index in [0.29, 0.717) is 32.2 Å². The molecule has 0 heterocycles. The molecule has 5 heteroatoms. The van der Waals surface area contributed by atoms with E-state index < -0.39 is 0 Å². The summed E-state index contributed by atoms with van der Waals surface area (Å²) in [7, 11) is 0. The maximum atomic E-state index is 11.0. The number of carbonyl (C=O) groups excluding carboxylic acids is 1. The van der Waals surface area contributed by atoms with E-state index in [1.807, 2.05) is 32.0 Å². The Balaban J connectivity index is 2.50. The van der Waals surface area contributed by atoms with Crippen molar-refractivity contribution in [2.75, 3.05) is 19.8 Å². The van der Waals surface area contributed by atoms with Crippen molar-refractivity contribution in [2.45, 2.75) is 33.7 Å². The molecule has 0 spiro atoms. The van der Waals surface area contributed by atoms with Crippen LogP contribution >= 0.6 is 0 Å². The molecule has 0 fully saturated rings. The van der Waals surface area contributed by atoms with Crippen LogP contribution in [-0.2, 0) is 25.6 Å². The third kappa shape index (κ3) is 6.14. The number of esters is 1. The fourth-order valence-electron chi connectivity index (χ4n) is 1.66. The largest absolute Gasteiger partial charge is 0.426 e. The molecular formula is C15H22O5. The molecule has 0 bridgehead atoms. The molecule has 5 nitrogen and oxygen atoms in total. The van der Waals surface area contributed by atoms with Crippen LogP contribution in [0.2, 0.25) is 0 Å². The van der Waals surface area contributed by atoms with Crippen LogP contribution in [-0.4, -0.2) is 32.1 Å². The first-order valence-corrected chi connectivity index (χ1v) is 6.74. The zero-order valence-electron chi connectivity index (χ0n) is 12.3. The van der Waals surface area contributed by atoms with Gasteiger partial charge in [-0.3, -0.25) is 4.79 Å². The van der Waals surface area contributed by atoms with Gasteiger partial charge in [0, 0.05) is 25.7 Å². The molecule has 1 aromatic rings. The van der Waals surface area contributed by atoms with E-state index in [-0.39, 0.29) is 12.3 Å². The van der Waals surface area contributed by atoms with Gasteiger partial charge in [0.15, 0.2) is 6.29 Å². The van der Waals surface area contributed by atoms with Gasteiger partial charge in [0.2, 0.25) is 0 Å². The standard InChI is InChI=1S/C15H22O5/c1-4-18-15(19-5-2)11-17-10-13-8-6-7-9-14(13)20-12(3)16/h6-9,15H,4-5,10-11H2,1-3H3. The van der Waals surface area contributed by atoms with E-state index in [2.05, 4.69) is 0 Å². The Bertz CT molecular complexity index is 399. The zero-order chi connectivity index (χ0) is 14.8. The summed E-state index contributed by atoms with van der Waals surface area (Å²) in [6.45, 7) is 6.98. The van der Waals surface area contributed by atoms with Crippen LogP contribution in [0.25, 0.3) is 0 Å². The van der Waals surface area contributed by atoms with Gasteiger partial charge in [-0.2, -0.15) is 0 Å². The Morgan fingerprint density at radius 2 is 1.80 bits per heavy atom. The highest BCUT2D eigenvalue weighted by Crippen LogP contribution is 2.19. The van der Waals surface area contributed by atoms with Crippen molar-refractivity contribution < 1.29 is 23.7 Å². The number of hydrogen-bond acceptors (Lipinski definition) is 5. The highest BCUT2D eigenvalue weighted by atomic mass is 16.7. The van der Waals surface area contributed by atoms with Crippen LogP contribution < -0.4 is 4.74 Å². The second-order valence-corrected chi connectivity index (χ2v) is 4.06. The SMILES string of the molecule is CCOC(COCc1ccccc1OC(C)=O)OCC. The smallest absolute Gasteiger partial charge is 0.308 e. The number of benzene rings is 1. The first kappa shape index (κ1) is 16.6. The third-order valence-corrected chi connectivity index (χ3v) is 2.44. The molecule has 0 aliphatic heterocycles. The molecule has 20 heavy (non-hydrogen) atoms. The van der Waals surface area contributed by atoms with Crippen molar-refractivity contribution in [3.8, 4) is 5.75 Å². The molecule has 0 saturated heterocycles. The first-order chi connectivity index (χ1) is 9.67. The summed E-state index contributed by atoms with van der Waals surface area (Å²) in [6, 6.07) is 7.27. The lowest BCUT2D eigenvalue weighted by atomic mass is 10.2. The fraction of sp³-hybridized carbons (Fsp3) is 0.533. The van der Waals surface area contributed by atoms with Crippen molar-refractivity contribution in [3.05, 3.63) is 29.8 Å². The van der Waals surface area contributed by atoms with Crippen LogP contribution in [0.4, 0.5) is 0 Å². The quantitative estimate of drug-likeness (QED) is 0.396. The highest BCUT2D eigenvalue weighted by Gasteiger charge is 2.10. The summed E-state index contributed by atoms with van der Waals surface area (Å²) in [5, 5.41) is 0. The lowest BCUT2D eigenvalue weighted by Crippen LogP contribution is -2.23. The topological polar surface area (TPSA) is 54.0 Å². The average molecular weight is 282 g/mol. The number of hydrogen-bond donors (Lipinski definition) is 0. The third-order valence-electron chi connectivity index (χ3n) is 2.44. The van der Waals surface area contributed by atoms with Gasteiger partial charge >= 0.3 is 5.97 Å². The molecule has 0 aliphatic carbocycles. The van der Waals surface area contributed by atoms with Crippen molar-refractivity contribution in [3.63, 3.8) is 0 Å². The van der Waals surface area contributed by atoms with Gasteiger partial charge in [-0.1, -0.05) is 18.2 Å². The van der Waals surface area contributed by atoms with E-state index in [9.17, 15) is 4.79 Å². The lowest BCUT2D eigenvalue weighted by molar-refractivity contribution is -0.169. The molecule has 0 saturated carbocycles. The second-order valence-electron chi connectivity index (χ2n) is 4.06. The molecule has 0 amide bonds. The molecule has 0 aromatic heterocycles. The van der Waals surface area contributed by atoms with E-state index in [0.717, 1.165) is 5.56 Å². The molecule has 0 atom stereocenters. The van der Waals surface area contributed by atoms with Gasteiger partial charge in [0.05, 0.1) is 13.2 Å². The summed E-state index contributed by atoms with van der Waals surface area (Å²) in [6.07, 6.45) is -0.370. The molecule has 0 N–H and O–H groups in total. The average Bonchev–Trinajstić information content (AvgIpc) is 2.40. The van der Waals surface area contributed by atoms with E-state index in [4.69, 9.17) is 18.9 Å². The highest BCUT2D eigenvalue weighted by molar-refractivity contribution is 5.69. The van der Waals surface area contributed by atoms with Crippen LogP contribution in [0.1, 0.15) is 26.3 Å². The Kier molecular flexibility index (Phi) is 7.87. The molecule has 0 radical (unpaired) electrons. The van der Waals surface area contributed by atoms with Gasteiger partial charge in [0.25, 0.3) is 0 Å². The number of carbonyl (C=O) groups is 1. The van der Waals surface area contributed by atoms with Crippen molar-refractivity contribution in [2.24, 2.45) is 0 Å².